The van der Waals surface area contributed by atoms with Gasteiger partial charge in [0, 0.05) is 29.6 Å². The van der Waals surface area contributed by atoms with Gasteiger partial charge < -0.3 is 5.32 Å². The van der Waals surface area contributed by atoms with Crippen LogP contribution in [-0.4, -0.2) is 24.0 Å². The molecule has 1 atom stereocenters. The van der Waals surface area contributed by atoms with Gasteiger partial charge in [-0.1, -0.05) is 55.8 Å². The number of rotatable bonds is 7. The van der Waals surface area contributed by atoms with Crippen LogP contribution in [0.15, 0.2) is 22.7 Å². The minimum atomic E-state index is 0.520. The fraction of sp³-hybridized carbons (Fsp3) is 0.647. The van der Waals surface area contributed by atoms with E-state index in [2.05, 4.69) is 86.0 Å². The highest BCUT2D eigenvalue weighted by molar-refractivity contribution is 9.10. The summed E-state index contributed by atoms with van der Waals surface area (Å²) in [6, 6.07) is 7.81. The van der Waals surface area contributed by atoms with E-state index >= 15 is 0 Å². The van der Waals surface area contributed by atoms with E-state index in [1.165, 1.54) is 15.6 Å². The van der Waals surface area contributed by atoms with Crippen molar-refractivity contribution in [3.05, 3.63) is 33.8 Å². The van der Waals surface area contributed by atoms with Crippen LogP contribution in [-0.2, 0) is 13.1 Å². The highest BCUT2D eigenvalue weighted by atomic mass is 79.9. The molecule has 20 heavy (non-hydrogen) atoms. The first-order valence-electron chi connectivity index (χ1n) is 7.52. The van der Waals surface area contributed by atoms with Crippen molar-refractivity contribution in [2.45, 2.75) is 59.8 Å². The average Bonchev–Trinajstić information content (AvgIpc) is 2.37. The van der Waals surface area contributed by atoms with Gasteiger partial charge in [0.2, 0.25) is 0 Å². The van der Waals surface area contributed by atoms with Gasteiger partial charge in [-0.2, -0.15) is 0 Å². The van der Waals surface area contributed by atoms with Gasteiger partial charge >= 0.3 is 0 Å². The molecule has 3 heteroatoms. The van der Waals surface area contributed by atoms with Crippen molar-refractivity contribution in [3.63, 3.8) is 0 Å². The van der Waals surface area contributed by atoms with E-state index in [0.29, 0.717) is 18.0 Å². The summed E-state index contributed by atoms with van der Waals surface area (Å²) in [4.78, 5) is 2.41. The first kappa shape index (κ1) is 17.7. The number of halogens is 1. The zero-order valence-corrected chi connectivity index (χ0v) is 15.3. The van der Waals surface area contributed by atoms with Crippen molar-refractivity contribution in [2.24, 2.45) is 5.92 Å². The molecule has 1 aromatic carbocycles. The van der Waals surface area contributed by atoms with Crippen molar-refractivity contribution < 1.29 is 0 Å². The molecule has 1 N–H and O–H groups in total. The first-order valence-corrected chi connectivity index (χ1v) is 8.31. The zero-order valence-electron chi connectivity index (χ0n) is 13.7. The van der Waals surface area contributed by atoms with Gasteiger partial charge in [0.1, 0.15) is 0 Å². The lowest BCUT2D eigenvalue weighted by atomic mass is 10.0. The Morgan fingerprint density at radius 3 is 2.30 bits per heavy atom. The number of hydrogen-bond donors (Lipinski definition) is 1. The lowest BCUT2D eigenvalue weighted by Crippen LogP contribution is -2.32. The molecule has 0 bridgehead atoms. The summed E-state index contributed by atoms with van der Waals surface area (Å²) in [6.07, 6.45) is 0. The topological polar surface area (TPSA) is 15.3 Å². The lowest BCUT2D eigenvalue weighted by Gasteiger charge is -2.28. The van der Waals surface area contributed by atoms with Crippen LogP contribution in [0.1, 0.15) is 45.7 Å². The number of nitrogens with zero attached hydrogens (tertiary/aromatic N) is 1. The number of hydrogen-bond acceptors (Lipinski definition) is 2. The Hall–Kier alpha value is -0.380. The normalized spacial score (nSPS) is 13.5. The van der Waals surface area contributed by atoms with Crippen molar-refractivity contribution in [1.29, 1.82) is 0 Å². The molecule has 1 rings (SSSR count). The third-order valence-corrected chi connectivity index (χ3v) is 4.65. The van der Waals surface area contributed by atoms with Gasteiger partial charge in [-0.3, -0.25) is 4.90 Å². The molecule has 0 aliphatic heterocycles. The first-order chi connectivity index (χ1) is 9.31. The molecule has 0 aliphatic rings. The molecule has 1 unspecified atom stereocenters. The maximum Gasteiger partial charge on any atom is 0.0244 e. The molecular formula is C17H29BrN2. The average molecular weight is 341 g/mol. The van der Waals surface area contributed by atoms with Crippen LogP contribution in [0.2, 0.25) is 0 Å². The molecule has 0 spiro atoms. The fourth-order valence-electron chi connectivity index (χ4n) is 2.07. The van der Waals surface area contributed by atoms with Gasteiger partial charge in [-0.25, -0.2) is 0 Å². The molecule has 2 nitrogen and oxygen atoms in total. The predicted molar refractivity (Wildman–Crippen MR) is 91.9 cm³/mol. The van der Waals surface area contributed by atoms with E-state index in [1.807, 2.05) is 0 Å². The molecule has 0 aliphatic carbocycles. The fourth-order valence-corrected chi connectivity index (χ4v) is 2.62. The zero-order chi connectivity index (χ0) is 15.3. The Bertz CT molecular complexity index is 415. The molecule has 0 saturated carbocycles. The monoisotopic (exact) mass is 340 g/mol. The Morgan fingerprint density at radius 1 is 1.15 bits per heavy atom. The van der Waals surface area contributed by atoms with Crippen LogP contribution in [0, 0.1) is 5.92 Å². The van der Waals surface area contributed by atoms with Gasteiger partial charge in [-0.05, 0) is 37.1 Å². The molecule has 0 fully saturated rings. The maximum absolute atomic E-state index is 3.71. The summed E-state index contributed by atoms with van der Waals surface area (Å²) >= 11 is 3.71. The summed E-state index contributed by atoms with van der Waals surface area (Å²) < 4.78 is 1.21. The van der Waals surface area contributed by atoms with Gasteiger partial charge in [0.05, 0.1) is 0 Å². The second kappa shape index (κ2) is 8.16. The van der Waals surface area contributed by atoms with Crippen LogP contribution in [0.4, 0.5) is 0 Å². The molecule has 0 amide bonds. The summed E-state index contributed by atoms with van der Waals surface area (Å²) in [6.45, 7) is 13.1. The lowest BCUT2D eigenvalue weighted by molar-refractivity contribution is 0.200. The van der Waals surface area contributed by atoms with Crippen molar-refractivity contribution >= 4 is 15.9 Å². The molecule has 0 saturated heterocycles. The van der Waals surface area contributed by atoms with E-state index in [1.54, 1.807) is 0 Å². The summed E-state index contributed by atoms with van der Waals surface area (Å²) in [7, 11) is 2.20. The minimum Gasteiger partial charge on any atom is -0.310 e. The minimum absolute atomic E-state index is 0.520. The van der Waals surface area contributed by atoms with Crippen LogP contribution < -0.4 is 5.32 Å². The van der Waals surface area contributed by atoms with E-state index in [9.17, 15) is 0 Å². The van der Waals surface area contributed by atoms with Crippen LogP contribution in [0.5, 0.6) is 0 Å². The third-order valence-electron chi connectivity index (χ3n) is 3.91. The highest BCUT2D eigenvalue weighted by Crippen LogP contribution is 2.22. The van der Waals surface area contributed by atoms with Crippen LogP contribution in [0.25, 0.3) is 0 Å². The van der Waals surface area contributed by atoms with Crippen molar-refractivity contribution in [1.82, 2.24) is 10.2 Å². The molecule has 0 heterocycles. The van der Waals surface area contributed by atoms with Gasteiger partial charge in [-0.15, -0.1) is 0 Å². The Kier molecular flexibility index (Phi) is 7.21. The molecular weight excluding hydrogens is 312 g/mol. The predicted octanol–water partition coefficient (Wildman–Crippen LogP) is 4.42. The van der Waals surface area contributed by atoms with Crippen LogP contribution in [0.3, 0.4) is 0 Å². The molecule has 0 aromatic heterocycles. The largest absolute Gasteiger partial charge is 0.310 e. The smallest absolute Gasteiger partial charge is 0.0244 e. The maximum atomic E-state index is 3.71. The number of nitrogens with one attached hydrogen (secondary N) is 1. The summed E-state index contributed by atoms with van der Waals surface area (Å²) in [5, 5.41) is 3.45. The SMILES string of the molecule is CC(C)NCc1ccc(CN(C)C(C)C(C)C)c(Br)c1. The standard InChI is InChI=1S/C17H29BrN2/c1-12(2)14(5)20(6)11-16-8-7-15(9-17(16)18)10-19-13(3)4/h7-9,12-14,19H,10-11H2,1-6H3. The molecule has 114 valence electrons. The Labute approximate surface area is 133 Å². The van der Waals surface area contributed by atoms with Crippen molar-refractivity contribution in [3.8, 4) is 0 Å². The van der Waals surface area contributed by atoms with E-state index in [-0.39, 0.29) is 0 Å². The van der Waals surface area contributed by atoms with E-state index in [0.717, 1.165) is 13.1 Å². The highest BCUT2D eigenvalue weighted by Gasteiger charge is 2.14. The Morgan fingerprint density at radius 2 is 1.80 bits per heavy atom. The third kappa shape index (κ3) is 5.55. The summed E-state index contributed by atoms with van der Waals surface area (Å²) in [5.41, 5.74) is 2.68. The second-order valence-electron chi connectivity index (χ2n) is 6.36. The van der Waals surface area contributed by atoms with Crippen molar-refractivity contribution in [2.75, 3.05) is 7.05 Å². The molecule has 1 aromatic rings. The molecule has 0 radical (unpaired) electrons. The Balaban J connectivity index is 2.68. The van der Waals surface area contributed by atoms with E-state index in [4.69, 9.17) is 0 Å². The second-order valence-corrected chi connectivity index (χ2v) is 7.22. The quantitative estimate of drug-likeness (QED) is 0.790. The number of benzene rings is 1. The van der Waals surface area contributed by atoms with E-state index < -0.39 is 0 Å². The summed E-state index contributed by atoms with van der Waals surface area (Å²) in [5.74, 6) is 0.674. The van der Waals surface area contributed by atoms with Gasteiger partial charge in [0.25, 0.3) is 0 Å². The van der Waals surface area contributed by atoms with Gasteiger partial charge in [0.15, 0.2) is 0 Å². The van der Waals surface area contributed by atoms with Crippen LogP contribution >= 0.6 is 15.9 Å².